The first-order valence-corrected chi connectivity index (χ1v) is 18.4. The Hall–Kier alpha value is -4.23. The molecule has 7 rings (SSSR count). The lowest BCUT2D eigenvalue weighted by Gasteiger charge is -2.32. The summed E-state index contributed by atoms with van der Waals surface area (Å²) in [7, 11) is 3.77. The van der Waals surface area contributed by atoms with E-state index in [1.54, 1.807) is 20.1 Å². The molecule has 1 unspecified atom stereocenters. The SMILES string of the molecule is CCOC(=O)C(Nc1ncnc2sc(-c3ccc(F)o3)c(-c3ccc(OCCN4CCN(C)CC4)c(Cl)c3C)c12)C1(c2ccccc2OC)CC1. The molecule has 0 spiro atoms. The molecule has 2 fully saturated rings. The van der Waals surface area contributed by atoms with Crippen molar-refractivity contribution in [2.45, 2.75) is 38.1 Å². The van der Waals surface area contributed by atoms with Crippen molar-refractivity contribution >= 4 is 44.9 Å². The van der Waals surface area contributed by atoms with Gasteiger partial charge in [0.25, 0.3) is 6.01 Å². The average molecular weight is 734 g/mol. The lowest BCUT2D eigenvalue weighted by atomic mass is 9.86. The Labute approximate surface area is 305 Å². The van der Waals surface area contributed by atoms with Crippen molar-refractivity contribution in [3.05, 3.63) is 77.0 Å². The van der Waals surface area contributed by atoms with Crippen LogP contribution in [0.4, 0.5) is 10.2 Å². The summed E-state index contributed by atoms with van der Waals surface area (Å²) >= 11 is 8.38. The molecule has 0 amide bonds. The predicted octanol–water partition coefficient (Wildman–Crippen LogP) is 7.43. The number of anilines is 1. The number of methoxy groups -OCH3 is 1. The summed E-state index contributed by atoms with van der Waals surface area (Å²) in [4.78, 5) is 29.1. The maximum atomic E-state index is 14.3. The molecule has 268 valence electrons. The fourth-order valence-corrected chi connectivity index (χ4v) is 8.34. The first-order chi connectivity index (χ1) is 24.7. The number of likely N-dealkylation sites (N-methyl/N-ethyl adjacent to an activating group) is 1. The number of piperazine rings is 1. The summed E-state index contributed by atoms with van der Waals surface area (Å²) in [5.41, 5.74) is 2.60. The Morgan fingerprint density at radius 2 is 1.88 bits per heavy atom. The largest absolute Gasteiger partial charge is 0.496 e. The number of nitrogens with zero attached hydrogens (tertiary/aromatic N) is 4. The van der Waals surface area contributed by atoms with Crippen LogP contribution in [0, 0.1) is 12.9 Å². The van der Waals surface area contributed by atoms with Gasteiger partial charge in [-0.3, -0.25) is 4.90 Å². The zero-order valence-corrected chi connectivity index (χ0v) is 30.7. The Balaban J connectivity index is 1.30. The van der Waals surface area contributed by atoms with E-state index < -0.39 is 23.4 Å². The van der Waals surface area contributed by atoms with Crippen LogP contribution in [-0.4, -0.2) is 91.9 Å². The minimum Gasteiger partial charge on any atom is -0.496 e. The fraction of sp³-hybridized carbons (Fsp3) is 0.395. The number of nitrogens with one attached hydrogen (secondary N) is 1. The minimum absolute atomic E-state index is 0.220. The molecular weight excluding hydrogens is 693 g/mol. The Bertz CT molecular complexity index is 2040. The van der Waals surface area contributed by atoms with Crippen LogP contribution in [-0.2, 0) is 14.9 Å². The molecule has 1 saturated heterocycles. The Morgan fingerprint density at radius 3 is 2.59 bits per heavy atom. The molecular formula is C38H41ClFN5O5S. The summed E-state index contributed by atoms with van der Waals surface area (Å²) in [5.74, 6) is 1.67. The molecule has 1 N–H and O–H groups in total. The van der Waals surface area contributed by atoms with E-state index in [1.165, 1.54) is 23.7 Å². The van der Waals surface area contributed by atoms with Crippen LogP contribution in [0.1, 0.15) is 30.9 Å². The molecule has 51 heavy (non-hydrogen) atoms. The van der Waals surface area contributed by atoms with Crippen molar-refractivity contribution in [3.63, 3.8) is 0 Å². The zero-order chi connectivity index (χ0) is 35.7. The van der Waals surface area contributed by atoms with E-state index in [-0.39, 0.29) is 6.61 Å². The van der Waals surface area contributed by atoms with E-state index in [9.17, 15) is 9.18 Å². The van der Waals surface area contributed by atoms with E-state index >= 15 is 0 Å². The number of esters is 1. The number of rotatable bonds is 13. The fourth-order valence-electron chi connectivity index (χ4n) is 7.00. The monoisotopic (exact) mass is 733 g/mol. The van der Waals surface area contributed by atoms with Gasteiger partial charge in [0.15, 0.2) is 0 Å². The lowest BCUT2D eigenvalue weighted by molar-refractivity contribution is -0.144. The zero-order valence-electron chi connectivity index (χ0n) is 29.1. The first-order valence-electron chi connectivity index (χ1n) is 17.2. The second-order valence-corrected chi connectivity index (χ2v) is 14.4. The number of carbonyl (C=O) groups excluding carboxylic acids is 1. The molecule has 4 heterocycles. The molecule has 2 aromatic carbocycles. The standard InChI is InChI=1S/C38H41ClFN5O5S/c1-5-48-37(46)34(38(14-15-38)25-8-6-7-9-26(25)47-4)43-35-31-30(33(28-12-13-29(40)50-28)51-36(31)42-22-41-35)24-10-11-27(32(39)23(24)2)49-21-20-45-18-16-44(3)17-19-45/h6-13,22,34H,5,14-21H2,1-4H3,(H,41,42,43). The summed E-state index contributed by atoms with van der Waals surface area (Å²) < 4.78 is 37.5. The second-order valence-electron chi connectivity index (χ2n) is 13.0. The van der Waals surface area contributed by atoms with Crippen molar-refractivity contribution in [2.75, 3.05) is 65.4 Å². The number of para-hydroxylation sites is 1. The molecule has 3 aromatic heterocycles. The number of furan rings is 1. The maximum Gasteiger partial charge on any atom is 0.329 e. The third-order valence-corrected chi connectivity index (χ3v) is 11.5. The second kappa shape index (κ2) is 14.8. The number of hydrogen-bond acceptors (Lipinski definition) is 11. The summed E-state index contributed by atoms with van der Waals surface area (Å²) in [5, 5.41) is 4.63. The van der Waals surface area contributed by atoms with Gasteiger partial charge < -0.3 is 28.8 Å². The van der Waals surface area contributed by atoms with E-state index in [2.05, 4.69) is 27.1 Å². The van der Waals surface area contributed by atoms with Gasteiger partial charge in [-0.25, -0.2) is 14.8 Å². The topological polar surface area (TPSA) is 102 Å². The maximum absolute atomic E-state index is 14.3. The van der Waals surface area contributed by atoms with E-state index in [4.69, 9.17) is 35.2 Å². The molecule has 1 aliphatic carbocycles. The molecule has 1 atom stereocenters. The van der Waals surface area contributed by atoms with Gasteiger partial charge in [0.2, 0.25) is 0 Å². The van der Waals surface area contributed by atoms with Crippen LogP contribution in [0.15, 0.2) is 59.3 Å². The number of halogens is 2. The van der Waals surface area contributed by atoms with Gasteiger partial charge in [-0.05, 0) is 63.1 Å². The number of fused-ring (bicyclic) bond motifs is 1. The van der Waals surface area contributed by atoms with Crippen LogP contribution in [0.3, 0.4) is 0 Å². The van der Waals surface area contributed by atoms with Crippen LogP contribution in [0.5, 0.6) is 11.5 Å². The van der Waals surface area contributed by atoms with Crippen LogP contribution >= 0.6 is 22.9 Å². The van der Waals surface area contributed by atoms with Gasteiger partial charge in [-0.2, -0.15) is 4.39 Å². The van der Waals surface area contributed by atoms with Gasteiger partial charge in [-0.15, -0.1) is 11.3 Å². The molecule has 2 aliphatic rings. The van der Waals surface area contributed by atoms with Crippen molar-refractivity contribution in [3.8, 4) is 33.3 Å². The number of carbonyl (C=O) groups is 1. The lowest BCUT2D eigenvalue weighted by Crippen LogP contribution is -2.45. The first kappa shape index (κ1) is 35.2. The van der Waals surface area contributed by atoms with Crippen molar-refractivity contribution in [2.24, 2.45) is 0 Å². The third-order valence-electron chi connectivity index (χ3n) is 9.95. The Kier molecular flexibility index (Phi) is 10.2. The van der Waals surface area contributed by atoms with Crippen molar-refractivity contribution in [1.82, 2.24) is 19.8 Å². The van der Waals surface area contributed by atoms with Gasteiger partial charge >= 0.3 is 5.97 Å². The van der Waals surface area contributed by atoms with Gasteiger partial charge in [-0.1, -0.05) is 35.9 Å². The van der Waals surface area contributed by atoms with Gasteiger partial charge in [0.1, 0.15) is 46.9 Å². The Morgan fingerprint density at radius 1 is 1.10 bits per heavy atom. The van der Waals surface area contributed by atoms with E-state index in [1.807, 2.05) is 43.3 Å². The highest BCUT2D eigenvalue weighted by Crippen LogP contribution is 2.56. The number of benzene rings is 2. The molecule has 0 radical (unpaired) electrons. The summed E-state index contributed by atoms with van der Waals surface area (Å²) in [6.07, 6.45) is 2.95. The summed E-state index contributed by atoms with van der Waals surface area (Å²) in [6, 6.07) is 13.0. The molecule has 0 bridgehead atoms. The van der Waals surface area contributed by atoms with E-state index in [0.717, 1.165) is 62.3 Å². The third kappa shape index (κ3) is 6.90. The average Bonchev–Trinajstić information content (AvgIpc) is 3.67. The normalized spacial score (nSPS) is 16.6. The molecule has 1 saturated carbocycles. The number of thiophene rings is 1. The van der Waals surface area contributed by atoms with Gasteiger partial charge in [0, 0.05) is 55.3 Å². The number of aromatic nitrogens is 2. The van der Waals surface area contributed by atoms with Gasteiger partial charge in [0.05, 0.1) is 29.0 Å². The molecule has 13 heteroatoms. The quantitative estimate of drug-likeness (QED) is 0.123. The smallest absolute Gasteiger partial charge is 0.329 e. The van der Waals surface area contributed by atoms with Crippen molar-refractivity contribution in [1.29, 1.82) is 0 Å². The van der Waals surface area contributed by atoms with E-state index in [0.29, 0.717) is 55.4 Å². The van der Waals surface area contributed by atoms with Crippen LogP contribution in [0.2, 0.25) is 5.02 Å². The molecule has 10 nitrogen and oxygen atoms in total. The highest BCUT2D eigenvalue weighted by atomic mass is 35.5. The molecule has 5 aromatic rings. The van der Waals surface area contributed by atoms with Crippen LogP contribution < -0.4 is 14.8 Å². The predicted molar refractivity (Wildman–Crippen MR) is 198 cm³/mol. The summed E-state index contributed by atoms with van der Waals surface area (Å²) in [6.45, 7) is 9.33. The highest BCUT2D eigenvalue weighted by molar-refractivity contribution is 7.22. The van der Waals surface area contributed by atoms with Crippen molar-refractivity contribution < 1.29 is 27.8 Å². The highest BCUT2D eigenvalue weighted by Gasteiger charge is 2.56. The number of hydrogen-bond donors (Lipinski definition) is 1. The van der Waals surface area contributed by atoms with Crippen LogP contribution in [0.25, 0.3) is 32.0 Å². The minimum atomic E-state index is -0.787. The number of ether oxygens (including phenoxy) is 3. The molecule has 1 aliphatic heterocycles.